The van der Waals surface area contributed by atoms with Gasteiger partial charge < -0.3 is 0 Å². The third kappa shape index (κ3) is 3.01. The van der Waals surface area contributed by atoms with Crippen LogP contribution in [-0.2, 0) is 11.0 Å². The largest absolute Gasteiger partial charge is 0.418 e. The summed E-state index contributed by atoms with van der Waals surface area (Å²) in [7, 11) is 0. The van der Waals surface area contributed by atoms with Crippen molar-refractivity contribution in [3.8, 4) is 5.82 Å². The van der Waals surface area contributed by atoms with Crippen molar-refractivity contribution in [1.82, 2.24) is 19.5 Å². The highest BCUT2D eigenvalue weighted by molar-refractivity contribution is 6.34. The number of fused-ring (bicyclic) bond motifs is 1. The monoisotopic (exact) mass is 371 g/mol. The molecule has 0 saturated carbocycles. The van der Waals surface area contributed by atoms with Crippen molar-refractivity contribution in [2.45, 2.75) is 6.18 Å². The van der Waals surface area contributed by atoms with E-state index in [1.165, 1.54) is 6.07 Å². The molecule has 0 unspecified atom stereocenters. The smallest absolute Gasteiger partial charge is 0.285 e. The van der Waals surface area contributed by atoms with Crippen LogP contribution >= 0.6 is 11.6 Å². The number of nitrogens with zero attached hydrogens (tertiary/aromatic N) is 5. The van der Waals surface area contributed by atoms with Gasteiger partial charge in [0, 0.05) is 12.4 Å². The van der Waals surface area contributed by atoms with E-state index in [0.717, 1.165) is 29.4 Å². The molecular weight excluding hydrogens is 367 g/mol. The Morgan fingerprint density at radius 1 is 1.28 bits per heavy atom. The average molecular weight is 372 g/mol. The molecule has 12 heteroatoms. The average Bonchev–Trinajstić information content (AvgIpc) is 2.96. The summed E-state index contributed by atoms with van der Waals surface area (Å²) in [6, 6.07) is 2.32. The summed E-state index contributed by atoms with van der Waals surface area (Å²) in [5, 5.41) is 1.22. The number of pyridine rings is 1. The molecule has 0 aliphatic rings. The van der Waals surface area contributed by atoms with Crippen LogP contribution in [0.5, 0.6) is 0 Å². The Bertz CT molecular complexity index is 989. The highest BCUT2D eigenvalue weighted by Gasteiger charge is 2.36. The third-order valence-electron chi connectivity index (χ3n) is 3.19. The Balaban J connectivity index is 2.24. The number of carbonyl (C=O) groups excluding carboxylic acids is 1. The normalized spacial score (nSPS) is 11.5. The first-order valence-electron chi connectivity index (χ1n) is 6.42. The number of aromatic nitrogens is 4. The van der Waals surface area contributed by atoms with E-state index in [9.17, 15) is 22.9 Å². The zero-order valence-corrected chi connectivity index (χ0v) is 12.6. The van der Waals surface area contributed by atoms with Crippen LogP contribution in [0.1, 0.15) is 15.9 Å². The SMILES string of the molecule is O=NOC(=O)c1ccnc(-n2cc(C(F)(F)F)c3c(Cl)ncnc32)c1. The molecule has 0 aliphatic carbocycles. The second kappa shape index (κ2) is 6.09. The first kappa shape index (κ1) is 16.8. The number of carbonyl (C=O) groups is 1. The Kier molecular flexibility index (Phi) is 4.08. The summed E-state index contributed by atoms with van der Waals surface area (Å²) >= 11 is 5.79. The van der Waals surface area contributed by atoms with Gasteiger partial charge in [-0.05, 0) is 12.1 Å². The lowest BCUT2D eigenvalue weighted by Crippen LogP contribution is -2.05. The van der Waals surface area contributed by atoms with Crippen LogP contribution < -0.4 is 0 Å². The fraction of sp³-hybridized carbons (Fsp3) is 0.0769. The van der Waals surface area contributed by atoms with Gasteiger partial charge in [0.2, 0.25) is 0 Å². The van der Waals surface area contributed by atoms with Crippen LogP contribution in [0.25, 0.3) is 16.9 Å². The van der Waals surface area contributed by atoms with Crippen LogP contribution in [0, 0.1) is 4.91 Å². The van der Waals surface area contributed by atoms with E-state index < -0.39 is 23.1 Å². The Labute approximate surface area is 141 Å². The maximum Gasteiger partial charge on any atom is 0.418 e. The first-order chi connectivity index (χ1) is 11.8. The molecule has 0 amide bonds. The van der Waals surface area contributed by atoms with E-state index in [1.54, 1.807) is 0 Å². The number of halogens is 4. The molecule has 25 heavy (non-hydrogen) atoms. The molecule has 128 valence electrons. The second-order valence-electron chi connectivity index (χ2n) is 4.63. The lowest BCUT2D eigenvalue weighted by atomic mass is 10.2. The summed E-state index contributed by atoms with van der Waals surface area (Å²) in [6.07, 6.45) is -1.83. The van der Waals surface area contributed by atoms with Crippen LogP contribution in [0.2, 0.25) is 5.15 Å². The number of rotatable bonds is 3. The predicted molar refractivity (Wildman–Crippen MR) is 77.9 cm³/mol. The Hall–Kier alpha value is -3.08. The van der Waals surface area contributed by atoms with Gasteiger partial charge in [-0.3, -0.25) is 9.40 Å². The van der Waals surface area contributed by atoms with Gasteiger partial charge in [-0.15, -0.1) is 4.91 Å². The van der Waals surface area contributed by atoms with E-state index in [2.05, 4.69) is 19.8 Å². The van der Waals surface area contributed by atoms with Gasteiger partial charge in [-0.25, -0.2) is 19.7 Å². The van der Waals surface area contributed by atoms with Gasteiger partial charge in [0.25, 0.3) is 0 Å². The fourth-order valence-electron chi connectivity index (χ4n) is 2.18. The minimum Gasteiger partial charge on any atom is -0.285 e. The van der Waals surface area contributed by atoms with Crippen molar-refractivity contribution in [3.05, 3.63) is 52.0 Å². The van der Waals surface area contributed by atoms with Crippen molar-refractivity contribution < 1.29 is 22.8 Å². The Morgan fingerprint density at radius 3 is 2.72 bits per heavy atom. The van der Waals surface area contributed by atoms with E-state index in [-0.39, 0.29) is 22.2 Å². The number of hydrogen-bond donors (Lipinski definition) is 0. The molecule has 0 aromatic carbocycles. The summed E-state index contributed by atoms with van der Waals surface area (Å²) in [6.45, 7) is 0. The molecule has 0 radical (unpaired) electrons. The molecule has 3 aromatic rings. The lowest BCUT2D eigenvalue weighted by molar-refractivity contribution is -0.136. The quantitative estimate of drug-likeness (QED) is 0.398. The van der Waals surface area contributed by atoms with E-state index in [0.29, 0.717) is 0 Å². The van der Waals surface area contributed by atoms with Gasteiger partial charge in [0.1, 0.15) is 17.3 Å². The van der Waals surface area contributed by atoms with Crippen LogP contribution in [0.3, 0.4) is 0 Å². The van der Waals surface area contributed by atoms with Gasteiger partial charge in [-0.1, -0.05) is 11.6 Å². The van der Waals surface area contributed by atoms with Crippen LogP contribution in [-0.4, -0.2) is 25.5 Å². The highest BCUT2D eigenvalue weighted by atomic mass is 35.5. The van der Waals surface area contributed by atoms with E-state index in [1.807, 2.05) is 5.34 Å². The zero-order chi connectivity index (χ0) is 18.2. The molecule has 0 aliphatic heterocycles. The van der Waals surface area contributed by atoms with Crippen LogP contribution in [0.4, 0.5) is 13.2 Å². The Morgan fingerprint density at radius 2 is 2.04 bits per heavy atom. The van der Waals surface area contributed by atoms with Crippen molar-refractivity contribution in [1.29, 1.82) is 0 Å². The lowest BCUT2D eigenvalue weighted by Gasteiger charge is -2.04. The van der Waals surface area contributed by atoms with Crippen molar-refractivity contribution in [3.63, 3.8) is 0 Å². The van der Waals surface area contributed by atoms with Gasteiger partial charge >= 0.3 is 12.1 Å². The third-order valence-corrected chi connectivity index (χ3v) is 3.48. The van der Waals surface area contributed by atoms with Crippen LogP contribution in [0.15, 0.2) is 36.2 Å². The molecule has 0 atom stereocenters. The molecular formula is C13H5ClF3N5O3. The predicted octanol–water partition coefficient (Wildman–Crippen LogP) is 3.33. The minimum absolute atomic E-state index is 0.0735. The maximum atomic E-state index is 13.3. The van der Waals surface area contributed by atoms with Crippen molar-refractivity contribution in [2.24, 2.45) is 5.34 Å². The van der Waals surface area contributed by atoms with Crippen molar-refractivity contribution >= 4 is 28.6 Å². The molecule has 3 rings (SSSR count). The second-order valence-corrected chi connectivity index (χ2v) is 4.99. The fourth-order valence-corrected chi connectivity index (χ4v) is 2.41. The van der Waals surface area contributed by atoms with Crippen molar-refractivity contribution in [2.75, 3.05) is 0 Å². The number of alkyl halides is 3. The maximum absolute atomic E-state index is 13.3. The van der Waals surface area contributed by atoms with Gasteiger partial charge in [0.15, 0.2) is 11.0 Å². The summed E-state index contributed by atoms with van der Waals surface area (Å²) in [5.74, 6) is -1.16. The molecule has 0 N–H and O–H groups in total. The molecule has 0 fully saturated rings. The molecule has 3 heterocycles. The molecule has 3 aromatic heterocycles. The van der Waals surface area contributed by atoms with Gasteiger partial charge in [-0.2, -0.15) is 13.2 Å². The molecule has 0 spiro atoms. The van der Waals surface area contributed by atoms with E-state index >= 15 is 0 Å². The summed E-state index contributed by atoms with van der Waals surface area (Å²) in [5.41, 5.74) is -1.35. The summed E-state index contributed by atoms with van der Waals surface area (Å²) < 4.78 is 40.8. The minimum atomic E-state index is -4.71. The topological polar surface area (TPSA) is 99.3 Å². The zero-order valence-electron chi connectivity index (χ0n) is 11.9. The van der Waals surface area contributed by atoms with Gasteiger partial charge in [0.05, 0.1) is 16.5 Å². The van der Waals surface area contributed by atoms with E-state index in [4.69, 9.17) is 11.6 Å². The molecule has 8 nitrogen and oxygen atoms in total. The first-order valence-corrected chi connectivity index (χ1v) is 6.80. The number of hydrogen-bond acceptors (Lipinski definition) is 7. The highest BCUT2D eigenvalue weighted by Crippen LogP contribution is 2.38. The summed E-state index contributed by atoms with van der Waals surface area (Å²) in [4.78, 5) is 36.7. The molecule has 0 bridgehead atoms. The standard InChI is InChI=1S/C13H5ClF3N5O3/c14-10-9-7(13(15,16)17)4-22(11(9)20-5-19-10)8-3-6(1-2-18-8)12(23)25-21-24/h1-5H. The molecule has 0 saturated heterocycles.